The molecule has 0 spiro atoms. The van der Waals surface area contributed by atoms with Gasteiger partial charge in [-0.25, -0.2) is 9.59 Å². The number of esters is 1. The molecule has 24 heavy (non-hydrogen) atoms. The van der Waals surface area contributed by atoms with Gasteiger partial charge in [0.1, 0.15) is 6.61 Å². The highest BCUT2D eigenvalue weighted by Gasteiger charge is 2.50. The third-order valence-electron chi connectivity index (χ3n) is 5.00. The molecular formula is C18H21NO5. The van der Waals surface area contributed by atoms with E-state index in [4.69, 9.17) is 4.74 Å². The van der Waals surface area contributed by atoms with Crippen LogP contribution in [0.15, 0.2) is 12.1 Å². The molecule has 128 valence electrons. The van der Waals surface area contributed by atoms with E-state index in [2.05, 4.69) is 0 Å². The minimum Gasteiger partial charge on any atom is -0.465 e. The second kappa shape index (κ2) is 5.33. The summed E-state index contributed by atoms with van der Waals surface area (Å²) in [7, 11) is 0. The zero-order valence-electron chi connectivity index (χ0n) is 14.3. The quantitative estimate of drug-likeness (QED) is 0.800. The first kappa shape index (κ1) is 16.5. The smallest absolute Gasteiger partial charge is 0.408 e. The number of likely N-dealkylation sites (tertiary alicyclic amines) is 1. The first-order chi connectivity index (χ1) is 11.1. The summed E-state index contributed by atoms with van der Waals surface area (Å²) in [5.74, 6) is -0.982. The van der Waals surface area contributed by atoms with Gasteiger partial charge in [0, 0.05) is 5.56 Å². The fraction of sp³-hybridized carbons (Fsp3) is 0.500. The van der Waals surface area contributed by atoms with Gasteiger partial charge in [-0.2, -0.15) is 0 Å². The van der Waals surface area contributed by atoms with Crippen LogP contribution in [-0.4, -0.2) is 40.4 Å². The molecule has 1 amide bonds. The summed E-state index contributed by atoms with van der Waals surface area (Å²) >= 11 is 0. The van der Waals surface area contributed by atoms with E-state index in [0.717, 1.165) is 16.7 Å². The van der Waals surface area contributed by atoms with E-state index < -0.39 is 23.5 Å². The van der Waals surface area contributed by atoms with E-state index in [-0.39, 0.29) is 24.9 Å². The van der Waals surface area contributed by atoms with Gasteiger partial charge in [0.15, 0.2) is 5.78 Å². The molecule has 0 saturated carbocycles. The summed E-state index contributed by atoms with van der Waals surface area (Å²) in [6, 6.07) is 3.01. The zero-order valence-corrected chi connectivity index (χ0v) is 14.3. The molecule has 2 heterocycles. The molecule has 2 atom stereocenters. The fourth-order valence-electron chi connectivity index (χ4n) is 3.92. The number of carboxylic acid groups (broad SMARTS) is 1. The van der Waals surface area contributed by atoms with Crippen LogP contribution in [0.5, 0.6) is 0 Å². The predicted molar refractivity (Wildman–Crippen MR) is 86.0 cm³/mol. The number of Topliss-reactive ketones (excluding diaryl/α,β-unsaturated/α-hetero) is 1. The molecule has 2 unspecified atom stereocenters. The molecule has 1 aromatic rings. The number of rotatable bonds is 1. The van der Waals surface area contributed by atoms with Gasteiger partial charge in [0.2, 0.25) is 0 Å². The Balaban J connectivity index is 2.12. The summed E-state index contributed by atoms with van der Waals surface area (Å²) in [6.45, 7) is 7.79. The number of carbonyl (C=O) groups is 3. The van der Waals surface area contributed by atoms with Gasteiger partial charge in [-0.15, -0.1) is 0 Å². The van der Waals surface area contributed by atoms with Crippen LogP contribution in [0.4, 0.5) is 4.79 Å². The van der Waals surface area contributed by atoms with Crippen molar-refractivity contribution in [3.05, 3.63) is 34.4 Å². The molecule has 2 aliphatic rings. The number of cyclic esters (lactones) is 1. The van der Waals surface area contributed by atoms with Gasteiger partial charge in [0.05, 0.1) is 24.1 Å². The number of hydrogen-bond acceptors (Lipinski definition) is 4. The number of benzene rings is 1. The van der Waals surface area contributed by atoms with Crippen LogP contribution < -0.4 is 0 Å². The minimum atomic E-state index is -1.08. The van der Waals surface area contributed by atoms with Gasteiger partial charge in [-0.3, -0.25) is 9.69 Å². The number of ether oxygens (including phenoxy) is 1. The Bertz CT molecular complexity index is 747. The summed E-state index contributed by atoms with van der Waals surface area (Å²) < 4.78 is 5.07. The van der Waals surface area contributed by atoms with Crippen LogP contribution in [0, 0.1) is 12.3 Å². The van der Waals surface area contributed by atoms with E-state index in [1.807, 2.05) is 27.7 Å². The van der Waals surface area contributed by atoms with E-state index in [1.54, 1.807) is 12.1 Å². The normalized spacial score (nSPS) is 23.4. The highest BCUT2D eigenvalue weighted by atomic mass is 16.5. The first-order valence-electron chi connectivity index (χ1n) is 7.94. The van der Waals surface area contributed by atoms with Crippen molar-refractivity contribution in [2.75, 3.05) is 6.54 Å². The zero-order chi connectivity index (χ0) is 17.8. The second-order valence-electron chi connectivity index (χ2n) is 7.55. The largest absolute Gasteiger partial charge is 0.465 e. The van der Waals surface area contributed by atoms with Crippen LogP contribution in [0.25, 0.3) is 0 Å². The minimum absolute atomic E-state index is 0.103. The Kier molecular flexibility index (Phi) is 3.66. The van der Waals surface area contributed by atoms with Gasteiger partial charge < -0.3 is 9.84 Å². The summed E-state index contributed by atoms with van der Waals surface area (Å²) in [6.07, 6.45) is -1.08. The van der Waals surface area contributed by atoms with Crippen molar-refractivity contribution < 1.29 is 24.2 Å². The van der Waals surface area contributed by atoms with Crippen molar-refractivity contribution in [1.29, 1.82) is 0 Å². The Hall–Kier alpha value is -2.37. The maximum atomic E-state index is 12.7. The second-order valence-corrected chi connectivity index (χ2v) is 7.55. The van der Waals surface area contributed by atoms with Crippen LogP contribution in [-0.2, 0) is 16.1 Å². The fourth-order valence-corrected chi connectivity index (χ4v) is 3.92. The molecule has 0 bridgehead atoms. The standard InChI is InChI=1S/C18H21NO5/c1-9-10(5-6-11-12(9)8-24-16(11)21)14-13(20)7-19(17(22)23)15(14)18(2,3)4/h5-6,14-15H,7-8H2,1-4H3,(H,22,23). The van der Waals surface area contributed by atoms with Crippen LogP contribution in [0.1, 0.15) is 53.7 Å². The molecule has 1 N–H and O–H groups in total. The molecule has 1 fully saturated rings. The van der Waals surface area contributed by atoms with Crippen molar-refractivity contribution in [2.24, 2.45) is 5.41 Å². The Morgan fingerprint density at radius 3 is 2.54 bits per heavy atom. The maximum absolute atomic E-state index is 12.7. The number of amides is 1. The lowest BCUT2D eigenvalue weighted by molar-refractivity contribution is -0.118. The molecule has 6 heteroatoms. The number of ketones is 1. The molecule has 6 nitrogen and oxygen atoms in total. The van der Waals surface area contributed by atoms with Crippen molar-refractivity contribution in [3.63, 3.8) is 0 Å². The Morgan fingerprint density at radius 1 is 1.29 bits per heavy atom. The van der Waals surface area contributed by atoms with E-state index in [9.17, 15) is 19.5 Å². The molecule has 0 aliphatic carbocycles. The monoisotopic (exact) mass is 331 g/mol. The molecule has 2 aliphatic heterocycles. The average molecular weight is 331 g/mol. The SMILES string of the molecule is Cc1c(C2C(=O)CN(C(=O)O)C2C(C)(C)C)ccc2c1COC2=O. The molecule has 0 radical (unpaired) electrons. The summed E-state index contributed by atoms with van der Waals surface area (Å²) in [5.41, 5.74) is 2.57. The van der Waals surface area contributed by atoms with Gasteiger partial charge >= 0.3 is 12.1 Å². The Morgan fingerprint density at radius 2 is 1.96 bits per heavy atom. The van der Waals surface area contributed by atoms with Gasteiger partial charge in [0.25, 0.3) is 0 Å². The lowest BCUT2D eigenvalue weighted by atomic mass is 9.74. The number of hydrogen-bond donors (Lipinski definition) is 1. The van der Waals surface area contributed by atoms with Crippen LogP contribution in [0.3, 0.4) is 0 Å². The molecule has 1 aromatic carbocycles. The maximum Gasteiger partial charge on any atom is 0.408 e. The highest BCUT2D eigenvalue weighted by molar-refractivity contribution is 5.96. The first-order valence-corrected chi connectivity index (χ1v) is 7.94. The predicted octanol–water partition coefficient (Wildman–Crippen LogP) is 2.73. The molecule has 3 rings (SSSR count). The van der Waals surface area contributed by atoms with E-state index in [1.165, 1.54) is 4.90 Å². The van der Waals surface area contributed by atoms with Crippen LogP contribution >= 0.6 is 0 Å². The Labute approximate surface area is 140 Å². The van der Waals surface area contributed by atoms with Crippen molar-refractivity contribution >= 4 is 17.8 Å². The summed E-state index contributed by atoms with van der Waals surface area (Å²) in [5, 5.41) is 9.50. The lowest BCUT2D eigenvalue weighted by Crippen LogP contribution is -2.44. The molecular weight excluding hydrogens is 310 g/mol. The van der Waals surface area contributed by atoms with Crippen molar-refractivity contribution in [3.8, 4) is 0 Å². The third kappa shape index (κ3) is 2.37. The van der Waals surface area contributed by atoms with E-state index >= 15 is 0 Å². The number of carbonyl (C=O) groups excluding carboxylic acids is 2. The highest BCUT2D eigenvalue weighted by Crippen LogP contribution is 2.43. The van der Waals surface area contributed by atoms with E-state index in [0.29, 0.717) is 5.56 Å². The molecule has 1 saturated heterocycles. The molecule has 0 aromatic heterocycles. The third-order valence-corrected chi connectivity index (χ3v) is 5.00. The van der Waals surface area contributed by atoms with Crippen LogP contribution in [0.2, 0.25) is 0 Å². The number of nitrogens with zero attached hydrogens (tertiary/aromatic N) is 1. The average Bonchev–Trinajstić information content (AvgIpc) is 3.01. The topological polar surface area (TPSA) is 83.9 Å². The lowest BCUT2D eigenvalue weighted by Gasteiger charge is -2.36. The van der Waals surface area contributed by atoms with Gasteiger partial charge in [-0.1, -0.05) is 26.8 Å². The number of fused-ring (bicyclic) bond motifs is 1. The van der Waals surface area contributed by atoms with Gasteiger partial charge in [-0.05, 0) is 29.5 Å². The van der Waals surface area contributed by atoms with Crippen molar-refractivity contribution in [2.45, 2.75) is 46.3 Å². The van der Waals surface area contributed by atoms with Crippen molar-refractivity contribution in [1.82, 2.24) is 4.90 Å². The summed E-state index contributed by atoms with van der Waals surface area (Å²) in [4.78, 5) is 37.2.